The van der Waals surface area contributed by atoms with Crippen LogP contribution in [0.5, 0.6) is 0 Å². The third kappa shape index (κ3) is 26.1. The minimum Gasteiger partial charge on any atom is -0.469 e. The van der Waals surface area contributed by atoms with Crippen molar-refractivity contribution in [2.45, 2.75) is 253 Å². The third-order valence-corrected chi connectivity index (χ3v) is 29.8. The van der Waals surface area contributed by atoms with Gasteiger partial charge in [0, 0.05) is 103 Å². The summed E-state index contributed by atoms with van der Waals surface area (Å²) >= 11 is 0. The van der Waals surface area contributed by atoms with E-state index in [2.05, 4.69) is 150 Å². The molecule has 145 heavy (non-hydrogen) atoms. The van der Waals surface area contributed by atoms with Crippen LogP contribution >= 0.6 is 0 Å². The molecule has 0 radical (unpaired) electrons. The molecular weight excluding hydrogens is 1870 g/mol. The van der Waals surface area contributed by atoms with Crippen molar-refractivity contribution in [1.29, 1.82) is 0 Å². The van der Waals surface area contributed by atoms with Crippen LogP contribution in [0.3, 0.4) is 0 Å². The lowest BCUT2D eigenvalue weighted by Crippen LogP contribution is -2.31. The van der Waals surface area contributed by atoms with E-state index in [0.29, 0.717) is 130 Å². The number of carbonyl (C=O) groups is 5. The molecule has 4 aliphatic heterocycles. The van der Waals surface area contributed by atoms with Crippen molar-refractivity contribution in [2.75, 3.05) is 20.2 Å². The topological polar surface area (TPSA) is 207 Å². The Morgan fingerprint density at radius 1 is 0.372 bits per heavy atom. The van der Waals surface area contributed by atoms with Crippen molar-refractivity contribution in [3.63, 3.8) is 0 Å². The van der Waals surface area contributed by atoms with Crippen molar-refractivity contribution in [3.05, 3.63) is 329 Å². The zero-order chi connectivity index (χ0) is 104. The normalized spacial score (nSPS) is 21.8. The molecule has 10 aromatic rings. The third-order valence-electron chi connectivity index (χ3n) is 29.8. The second kappa shape index (κ2) is 45.9. The zero-order valence-electron chi connectivity index (χ0n) is 83.7. The van der Waals surface area contributed by atoms with E-state index < -0.39 is 47.0 Å². The number of fused-ring (bicyclic) bond motifs is 6. The van der Waals surface area contributed by atoms with E-state index in [-0.39, 0.29) is 89.5 Å². The average Bonchev–Trinajstić information content (AvgIpc) is 1.52. The number of methoxy groups -OCH3 is 1. The Kier molecular flexibility index (Phi) is 33.9. The lowest BCUT2D eigenvalue weighted by Gasteiger charge is -2.28. The Labute approximate surface area is 840 Å². The van der Waals surface area contributed by atoms with Gasteiger partial charge >= 0.3 is 30.7 Å². The minimum atomic E-state index is -4.35. The highest BCUT2D eigenvalue weighted by Gasteiger charge is 2.43. The van der Waals surface area contributed by atoms with Gasteiger partial charge in [-0.2, -0.15) is 52.7 Å². The number of nitrogens with zero attached hydrogens (tertiary/aromatic N) is 8. The Morgan fingerprint density at radius 3 is 0.897 bits per heavy atom. The van der Waals surface area contributed by atoms with E-state index in [9.17, 15) is 76.7 Å². The largest absolute Gasteiger partial charge is 0.469 e. The highest BCUT2D eigenvalue weighted by Crippen LogP contribution is 2.47. The SMILES string of the molecule is C#CC1CCC(CNC(=O)c2cnc3c(c2)CN(Cc2ccc(C(F)(F)F)cc2)[C@H]3C(C)C)CC1.CC(C)[C@H]1c2ncc(C(=O)N[C@@H]3c4ccccc4C[C@@H]3C)cc2CN1Cc1ccc(C(F)(F)F)cc1.CC(C)[C@H]1c2ncc(C(=O)N[C@H]3c4ccccc4C[C@H]3C)cc2CN1Cc1ccc(C(F)(F)F)cc1.COC(=O)CC1CCC(CNC(=O)c2cnc3c(c2)CN(Cc2ccc(C(F)(F)F)cc2)[C@H]3C(C)C)CC1. The van der Waals surface area contributed by atoms with E-state index >= 15 is 0 Å². The van der Waals surface area contributed by atoms with Crippen LogP contribution in [0.4, 0.5) is 52.7 Å². The quantitative estimate of drug-likeness (QED) is 0.0252. The maximum atomic E-state index is 13.2. The molecule has 6 aromatic carbocycles. The van der Waals surface area contributed by atoms with Crippen LogP contribution in [0.25, 0.3) is 0 Å². The number of terminal acetylenes is 1. The minimum absolute atomic E-state index is 0.0181. The second-order valence-corrected chi connectivity index (χ2v) is 41.9. The number of hydrogen-bond acceptors (Lipinski definition) is 14. The van der Waals surface area contributed by atoms with E-state index in [4.69, 9.17) is 21.1 Å². The summed E-state index contributed by atoms with van der Waals surface area (Å²) in [6.07, 6.45) is 5.01. The van der Waals surface area contributed by atoms with Crippen molar-refractivity contribution in [2.24, 2.45) is 59.2 Å². The number of esters is 1. The fraction of sp³-hybridized carbons (Fsp3) is 0.452. The van der Waals surface area contributed by atoms with Gasteiger partial charge in [-0.3, -0.25) is 63.5 Å². The van der Waals surface area contributed by atoms with Gasteiger partial charge in [0.1, 0.15) is 0 Å². The van der Waals surface area contributed by atoms with Gasteiger partial charge in [0.2, 0.25) is 0 Å². The van der Waals surface area contributed by atoms with Gasteiger partial charge in [0.15, 0.2) is 0 Å². The van der Waals surface area contributed by atoms with Crippen LogP contribution in [-0.2, 0) is 99.4 Å². The van der Waals surface area contributed by atoms with Gasteiger partial charge in [-0.15, -0.1) is 12.3 Å². The molecule has 8 heterocycles. The average molecular weight is 2000 g/mol. The molecule has 2 fully saturated rings. The number of benzene rings is 6. The number of alkyl halides is 12. The Hall–Kier alpha value is -12.2. The van der Waals surface area contributed by atoms with Gasteiger partial charge in [0.05, 0.1) is 111 Å². The first-order valence-electron chi connectivity index (χ1n) is 50.4. The molecule has 0 unspecified atom stereocenters. The summed E-state index contributed by atoms with van der Waals surface area (Å²) in [7, 11) is 1.41. The highest BCUT2D eigenvalue weighted by molar-refractivity contribution is 5.96. The standard InChI is InChI=1S/C29H36F3N3O3.2C29H30F3N3O.C28H32F3N3O/c1-18(2)27-26-23(17-35(27)16-21-8-10-24(11-9-21)29(30,31)32)13-22(15-33-26)28(37)34-14-20-6-4-19(5-7-20)12-25(36)38-3;2*1-17(2)27-26-22(16-35(27)15-19-8-10-23(11-9-19)29(30,31)32)13-21(14-33-26)28(36)34-25-18(3)12-20-6-4-5-7-24(20)25;1-4-19-5-7-20(8-6-19)14-33-27(35)22-13-23-17-34(26(18(2)3)25(23)32-15-22)16-21-9-11-24(12-10-21)28(29,30)31/h8-11,13,15,18-20,27H,4-7,12,14,16-17H2,1-3H3,(H,34,37);2*4-11,13-14,17-18,25,27H,12,15-16H2,1-3H3,(H,34,36);1,9-13,15,18-20,26H,5-8,14,16-17H2,2-3H3,(H,33,35)/t19?,20?,27-;18-,25-,27+;18-,25-,27-;19?,20?,26-/m0100/s1. The summed E-state index contributed by atoms with van der Waals surface area (Å²) in [4.78, 5) is 91.3. The monoisotopic (exact) mass is 2000 g/mol. The molecule has 0 bridgehead atoms. The van der Waals surface area contributed by atoms with Crippen molar-refractivity contribution >= 4 is 29.6 Å². The lowest BCUT2D eigenvalue weighted by molar-refractivity contribution is -0.142. The number of amides is 4. The molecule has 18 nitrogen and oxygen atoms in total. The molecule has 2 saturated carbocycles. The number of carbonyl (C=O) groups excluding carboxylic acids is 5. The highest BCUT2D eigenvalue weighted by atomic mass is 19.4. The van der Waals surface area contributed by atoms with Gasteiger partial charge in [-0.25, -0.2) is 0 Å². The molecule has 4 amide bonds. The van der Waals surface area contributed by atoms with Crippen molar-refractivity contribution in [1.82, 2.24) is 60.8 Å². The smallest absolute Gasteiger partial charge is 0.416 e. The first kappa shape index (κ1) is 107. The number of halogens is 12. The lowest BCUT2D eigenvalue weighted by atomic mass is 9.80. The number of nitrogens with one attached hydrogen (secondary N) is 4. The fourth-order valence-electron chi connectivity index (χ4n) is 22.5. The molecule has 768 valence electrons. The fourth-order valence-corrected chi connectivity index (χ4v) is 22.5. The van der Waals surface area contributed by atoms with Crippen LogP contribution in [0.15, 0.2) is 195 Å². The van der Waals surface area contributed by atoms with Gasteiger partial charge in [-0.05, 0) is 257 Å². The van der Waals surface area contributed by atoms with Gasteiger partial charge in [0.25, 0.3) is 23.6 Å². The van der Waals surface area contributed by atoms with Crippen LogP contribution in [0, 0.1) is 71.5 Å². The molecule has 4 aromatic heterocycles. The number of pyridine rings is 4. The van der Waals surface area contributed by atoms with E-state index in [0.717, 1.165) is 180 Å². The number of aromatic nitrogens is 4. The molecule has 4 N–H and O–H groups in total. The van der Waals surface area contributed by atoms with Crippen molar-refractivity contribution in [3.8, 4) is 12.3 Å². The summed E-state index contributed by atoms with van der Waals surface area (Å²) in [5.41, 5.74) is 15.4. The summed E-state index contributed by atoms with van der Waals surface area (Å²) in [6, 6.07) is 45.5. The number of rotatable bonds is 24. The molecule has 18 rings (SSSR count). The van der Waals surface area contributed by atoms with Gasteiger partial charge < -0.3 is 26.0 Å². The molecule has 4 aliphatic carbocycles. The summed E-state index contributed by atoms with van der Waals surface area (Å²) in [5.74, 6) is 5.32. The molecule has 0 spiro atoms. The van der Waals surface area contributed by atoms with E-state index in [1.807, 2.05) is 48.5 Å². The maximum Gasteiger partial charge on any atom is 0.416 e. The van der Waals surface area contributed by atoms with E-state index in [1.54, 1.807) is 24.8 Å². The molecular formula is C115H128F12N12O6. The summed E-state index contributed by atoms with van der Waals surface area (Å²) in [5, 5.41) is 12.5. The second-order valence-electron chi connectivity index (χ2n) is 41.9. The molecule has 0 saturated heterocycles. The number of hydrogen-bond donors (Lipinski definition) is 4. The summed E-state index contributed by atoms with van der Waals surface area (Å²) in [6.45, 7) is 26.8. The Bertz CT molecular complexity index is 6050. The maximum absolute atomic E-state index is 13.2. The van der Waals surface area contributed by atoms with E-state index in [1.165, 1.54) is 77.9 Å². The van der Waals surface area contributed by atoms with Crippen molar-refractivity contribution < 1.29 is 81.4 Å². The Morgan fingerprint density at radius 2 is 0.634 bits per heavy atom. The van der Waals surface area contributed by atoms with Crippen LogP contribution in [0.1, 0.15) is 316 Å². The molecule has 30 heteroatoms. The molecule has 8 atom stereocenters. The van der Waals surface area contributed by atoms with Crippen LogP contribution in [-0.4, -0.2) is 89.3 Å². The first-order valence-corrected chi connectivity index (χ1v) is 50.4. The molecule has 8 aliphatic rings. The Balaban J connectivity index is 0.000000145. The zero-order valence-corrected chi connectivity index (χ0v) is 83.7. The predicted molar refractivity (Wildman–Crippen MR) is 530 cm³/mol. The summed E-state index contributed by atoms with van der Waals surface area (Å²) < 4.78 is 160. The predicted octanol–water partition coefficient (Wildman–Crippen LogP) is 24.8. The first-order chi connectivity index (χ1) is 68.9. The van der Waals surface area contributed by atoms with Crippen LogP contribution < -0.4 is 21.3 Å². The van der Waals surface area contributed by atoms with Crippen LogP contribution in [0.2, 0.25) is 0 Å². The van der Waals surface area contributed by atoms with Gasteiger partial charge in [-0.1, -0.05) is 166 Å². The number of ether oxygens (including phenoxy) is 1.